The van der Waals surface area contributed by atoms with Crippen LogP contribution >= 0.6 is 15.9 Å². The number of allylic oxidation sites excluding steroid dienone is 5. The lowest BCUT2D eigenvalue weighted by atomic mass is 10.0. The minimum Gasteiger partial charge on any atom is -0.391 e. The van der Waals surface area contributed by atoms with Crippen LogP contribution in [0.4, 0.5) is 0 Å². The first-order valence-corrected chi connectivity index (χ1v) is 6.58. The molecule has 0 saturated carbocycles. The van der Waals surface area contributed by atoms with E-state index in [2.05, 4.69) is 63.7 Å². The summed E-state index contributed by atoms with van der Waals surface area (Å²) in [7, 11) is 1.97. The van der Waals surface area contributed by atoms with Crippen LogP contribution in [0, 0.1) is 0 Å². The van der Waals surface area contributed by atoms with E-state index in [1.165, 1.54) is 16.8 Å². The van der Waals surface area contributed by atoms with E-state index in [1.54, 1.807) is 0 Å². The van der Waals surface area contributed by atoms with E-state index in [0.717, 1.165) is 17.3 Å². The summed E-state index contributed by atoms with van der Waals surface area (Å²) in [5.74, 6) is 0. The van der Waals surface area contributed by atoms with Crippen LogP contribution in [0.15, 0.2) is 58.2 Å². The summed E-state index contributed by atoms with van der Waals surface area (Å²) < 4.78 is 1.12. The van der Waals surface area contributed by atoms with Gasteiger partial charge in [0.2, 0.25) is 0 Å². The van der Waals surface area contributed by atoms with Crippen molar-refractivity contribution in [1.29, 1.82) is 0 Å². The SMILES string of the molecule is CNC1=CC=C(/C=C/c2cccc(Br)c2)CC1. The molecule has 0 aliphatic heterocycles. The molecule has 0 fully saturated rings. The smallest absolute Gasteiger partial charge is 0.0181 e. The van der Waals surface area contributed by atoms with Gasteiger partial charge in [-0.3, -0.25) is 0 Å². The summed E-state index contributed by atoms with van der Waals surface area (Å²) in [6.07, 6.45) is 10.9. The van der Waals surface area contributed by atoms with Crippen molar-refractivity contribution in [3.05, 3.63) is 63.8 Å². The predicted molar refractivity (Wildman–Crippen MR) is 77.6 cm³/mol. The number of nitrogens with one attached hydrogen (secondary N) is 1. The van der Waals surface area contributed by atoms with Crippen LogP contribution in [-0.2, 0) is 0 Å². The fourth-order valence-electron chi connectivity index (χ4n) is 1.81. The lowest BCUT2D eigenvalue weighted by Gasteiger charge is -2.11. The molecule has 1 aliphatic rings. The zero-order valence-corrected chi connectivity index (χ0v) is 11.5. The van der Waals surface area contributed by atoms with Crippen LogP contribution in [0.25, 0.3) is 6.08 Å². The zero-order valence-electron chi connectivity index (χ0n) is 9.91. The Hall–Kier alpha value is -1.28. The molecule has 2 heteroatoms. The van der Waals surface area contributed by atoms with Crippen molar-refractivity contribution in [1.82, 2.24) is 5.32 Å². The van der Waals surface area contributed by atoms with E-state index in [1.807, 2.05) is 13.1 Å². The molecule has 0 atom stereocenters. The molecule has 1 N–H and O–H groups in total. The monoisotopic (exact) mass is 289 g/mol. The average molecular weight is 290 g/mol. The highest BCUT2D eigenvalue weighted by atomic mass is 79.9. The summed E-state index contributed by atoms with van der Waals surface area (Å²) in [4.78, 5) is 0. The fourth-order valence-corrected chi connectivity index (χ4v) is 2.23. The number of rotatable bonds is 3. The van der Waals surface area contributed by atoms with Crippen molar-refractivity contribution in [3.63, 3.8) is 0 Å². The molecule has 17 heavy (non-hydrogen) atoms. The number of hydrogen-bond acceptors (Lipinski definition) is 1. The van der Waals surface area contributed by atoms with Crippen LogP contribution in [-0.4, -0.2) is 7.05 Å². The van der Waals surface area contributed by atoms with E-state index in [0.29, 0.717) is 0 Å². The van der Waals surface area contributed by atoms with E-state index in [4.69, 9.17) is 0 Å². The third kappa shape index (κ3) is 3.60. The summed E-state index contributed by atoms with van der Waals surface area (Å²) in [6.45, 7) is 0. The Morgan fingerprint density at radius 2 is 2.06 bits per heavy atom. The van der Waals surface area contributed by atoms with E-state index in [9.17, 15) is 0 Å². The van der Waals surface area contributed by atoms with Gasteiger partial charge in [-0.15, -0.1) is 0 Å². The predicted octanol–water partition coefficient (Wildman–Crippen LogP) is 4.29. The molecule has 0 aromatic heterocycles. The molecule has 1 aliphatic carbocycles. The zero-order chi connectivity index (χ0) is 12.1. The second-order valence-corrected chi connectivity index (χ2v) is 4.99. The first-order chi connectivity index (χ1) is 8.28. The molecule has 0 heterocycles. The van der Waals surface area contributed by atoms with E-state index < -0.39 is 0 Å². The second-order valence-electron chi connectivity index (χ2n) is 4.07. The van der Waals surface area contributed by atoms with Crippen molar-refractivity contribution >= 4 is 22.0 Å². The average Bonchev–Trinajstić information content (AvgIpc) is 2.37. The number of hydrogen-bond donors (Lipinski definition) is 1. The maximum absolute atomic E-state index is 3.48. The second kappa shape index (κ2) is 5.87. The summed E-state index contributed by atoms with van der Waals surface area (Å²) in [5.41, 5.74) is 3.91. The minimum atomic E-state index is 1.10. The molecule has 1 aromatic carbocycles. The lowest BCUT2D eigenvalue weighted by molar-refractivity contribution is 0.825. The summed E-state index contributed by atoms with van der Waals surface area (Å²) in [6, 6.07) is 8.32. The molecule has 1 aromatic rings. The quantitative estimate of drug-likeness (QED) is 0.876. The number of halogens is 1. The fraction of sp³-hybridized carbons (Fsp3) is 0.200. The largest absolute Gasteiger partial charge is 0.391 e. The molecule has 0 spiro atoms. The molecule has 0 unspecified atom stereocenters. The van der Waals surface area contributed by atoms with Gasteiger partial charge in [0.15, 0.2) is 0 Å². The molecule has 2 rings (SSSR count). The highest BCUT2D eigenvalue weighted by Crippen LogP contribution is 2.19. The Kier molecular flexibility index (Phi) is 4.21. The summed E-state index contributed by atoms with van der Waals surface area (Å²) >= 11 is 3.48. The van der Waals surface area contributed by atoms with Crippen molar-refractivity contribution in [2.75, 3.05) is 7.05 Å². The van der Waals surface area contributed by atoms with Gasteiger partial charge in [-0.25, -0.2) is 0 Å². The Balaban J connectivity index is 2.07. The van der Waals surface area contributed by atoms with Crippen molar-refractivity contribution in [3.8, 4) is 0 Å². The first-order valence-electron chi connectivity index (χ1n) is 5.79. The molecule has 1 nitrogen and oxygen atoms in total. The van der Waals surface area contributed by atoms with Crippen molar-refractivity contribution < 1.29 is 0 Å². The van der Waals surface area contributed by atoms with Gasteiger partial charge in [-0.2, -0.15) is 0 Å². The third-order valence-electron chi connectivity index (χ3n) is 2.84. The van der Waals surface area contributed by atoms with Gasteiger partial charge in [-0.05, 0) is 42.2 Å². The van der Waals surface area contributed by atoms with Gasteiger partial charge in [0, 0.05) is 17.2 Å². The summed E-state index contributed by atoms with van der Waals surface area (Å²) in [5, 5.41) is 3.19. The number of benzene rings is 1. The Bertz CT molecular complexity index is 483. The van der Waals surface area contributed by atoms with Gasteiger partial charge in [0.05, 0.1) is 0 Å². The van der Waals surface area contributed by atoms with Crippen molar-refractivity contribution in [2.24, 2.45) is 0 Å². The van der Waals surface area contributed by atoms with E-state index >= 15 is 0 Å². The standard InChI is InChI=1S/C15H16BrN/c1-17-15-9-7-12(8-10-15)5-6-13-3-2-4-14(16)11-13/h2-7,9,11,17H,8,10H2,1H3/b6-5+. The van der Waals surface area contributed by atoms with Gasteiger partial charge in [0.1, 0.15) is 0 Å². The Morgan fingerprint density at radius 3 is 2.71 bits per heavy atom. The lowest BCUT2D eigenvalue weighted by Crippen LogP contribution is -2.07. The normalized spacial score (nSPS) is 15.6. The molecular weight excluding hydrogens is 274 g/mol. The maximum atomic E-state index is 3.48. The molecule has 88 valence electrons. The molecule has 0 amide bonds. The van der Waals surface area contributed by atoms with Gasteiger partial charge in [-0.1, -0.05) is 46.3 Å². The molecule has 0 radical (unpaired) electrons. The van der Waals surface area contributed by atoms with Gasteiger partial charge < -0.3 is 5.32 Å². The van der Waals surface area contributed by atoms with Crippen LogP contribution in [0.5, 0.6) is 0 Å². The Morgan fingerprint density at radius 1 is 1.18 bits per heavy atom. The molecule has 0 saturated heterocycles. The maximum Gasteiger partial charge on any atom is 0.0181 e. The highest BCUT2D eigenvalue weighted by molar-refractivity contribution is 9.10. The molecular formula is C15H16BrN. The van der Waals surface area contributed by atoms with Crippen LogP contribution in [0.2, 0.25) is 0 Å². The topological polar surface area (TPSA) is 12.0 Å². The van der Waals surface area contributed by atoms with Crippen molar-refractivity contribution in [2.45, 2.75) is 12.8 Å². The third-order valence-corrected chi connectivity index (χ3v) is 3.33. The van der Waals surface area contributed by atoms with Crippen LogP contribution in [0.1, 0.15) is 18.4 Å². The Labute approximate surface area is 111 Å². The van der Waals surface area contributed by atoms with E-state index in [-0.39, 0.29) is 0 Å². The van der Waals surface area contributed by atoms with Gasteiger partial charge in [0.25, 0.3) is 0 Å². The first kappa shape index (κ1) is 12.2. The van der Waals surface area contributed by atoms with Crippen LogP contribution < -0.4 is 5.32 Å². The van der Waals surface area contributed by atoms with Gasteiger partial charge >= 0.3 is 0 Å². The minimum absolute atomic E-state index is 1.10. The highest BCUT2D eigenvalue weighted by Gasteiger charge is 2.01. The molecule has 0 bridgehead atoms. The van der Waals surface area contributed by atoms with Crippen LogP contribution in [0.3, 0.4) is 0 Å².